The van der Waals surface area contributed by atoms with Gasteiger partial charge in [-0.2, -0.15) is 0 Å². The lowest BCUT2D eigenvalue weighted by atomic mass is 10.1. The van der Waals surface area contributed by atoms with Crippen LogP contribution < -0.4 is 15.0 Å². The predicted molar refractivity (Wildman–Crippen MR) is 90.3 cm³/mol. The second-order valence-corrected chi connectivity index (χ2v) is 5.78. The van der Waals surface area contributed by atoms with E-state index in [0.29, 0.717) is 23.7 Å². The maximum atomic E-state index is 12.3. The molecule has 0 saturated carbocycles. The zero-order valence-electron chi connectivity index (χ0n) is 13.9. The van der Waals surface area contributed by atoms with Gasteiger partial charge in [-0.05, 0) is 49.6 Å². The number of carbonyl (C=O) groups excluding carboxylic acids is 2. The molecule has 6 nitrogen and oxygen atoms in total. The number of imide groups is 1. The summed E-state index contributed by atoms with van der Waals surface area (Å²) < 4.78 is 5.76. The summed E-state index contributed by atoms with van der Waals surface area (Å²) in [6, 6.07) is 8.05. The molecule has 6 heteroatoms. The van der Waals surface area contributed by atoms with Gasteiger partial charge in [0.1, 0.15) is 11.8 Å². The van der Waals surface area contributed by atoms with Gasteiger partial charge in [0, 0.05) is 12.3 Å². The van der Waals surface area contributed by atoms with Crippen LogP contribution in [0.2, 0.25) is 0 Å². The number of anilines is 1. The summed E-state index contributed by atoms with van der Waals surface area (Å²) in [6.07, 6.45) is 2.07. The van der Waals surface area contributed by atoms with Gasteiger partial charge in [0.2, 0.25) is 5.88 Å². The van der Waals surface area contributed by atoms with Crippen molar-refractivity contribution < 1.29 is 14.3 Å². The fourth-order valence-corrected chi connectivity index (χ4v) is 2.54. The first kappa shape index (κ1) is 16.0. The second-order valence-electron chi connectivity index (χ2n) is 5.78. The molecule has 3 amide bonds. The minimum absolute atomic E-state index is 0.258. The lowest BCUT2D eigenvalue weighted by molar-refractivity contribution is -0.118. The van der Waals surface area contributed by atoms with E-state index in [-0.39, 0.29) is 5.91 Å². The van der Waals surface area contributed by atoms with Crippen LogP contribution >= 0.6 is 0 Å². The molecule has 0 unspecified atom stereocenters. The third-order valence-corrected chi connectivity index (χ3v) is 4.10. The molecule has 0 spiro atoms. The molecule has 1 aromatic heterocycles. The van der Waals surface area contributed by atoms with E-state index < -0.39 is 12.1 Å². The average Bonchev–Trinajstić information content (AvgIpc) is 2.85. The number of ether oxygens (including phenoxy) is 1. The van der Waals surface area contributed by atoms with Gasteiger partial charge in [-0.1, -0.05) is 13.0 Å². The van der Waals surface area contributed by atoms with Crippen LogP contribution in [0.15, 0.2) is 36.5 Å². The molecular formula is C18H19N3O3. The molecule has 0 aliphatic carbocycles. The molecule has 1 atom stereocenters. The molecule has 1 aromatic carbocycles. The highest BCUT2D eigenvalue weighted by atomic mass is 16.5. The highest BCUT2D eigenvalue weighted by Crippen LogP contribution is 2.27. The number of aromatic nitrogens is 1. The van der Waals surface area contributed by atoms with Gasteiger partial charge in [0.15, 0.2) is 0 Å². The van der Waals surface area contributed by atoms with Gasteiger partial charge in [-0.3, -0.25) is 4.79 Å². The summed E-state index contributed by atoms with van der Waals surface area (Å²) in [5.74, 6) is 0.730. The number of hydrogen-bond donors (Lipinski definition) is 1. The van der Waals surface area contributed by atoms with Crippen LogP contribution in [0.3, 0.4) is 0 Å². The van der Waals surface area contributed by atoms with E-state index in [1.54, 1.807) is 12.1 Å². The van der Waals surface area contributed by atoms with E-state index in [1.165, 1.54) is 11.8 Å². The molecule has 0 bridgehead atoms. The van der Waals surface area contributed by atoms with Crippen LogP contribution in [-0.4, -0.2) is 23.0 Å². The minimum atomic E-state index is -0.477. The Kier molecular flexibility index (Phi) is 4.20. The molecule has 24 heavy (non-hydrogen) atoms. The lowest BCUT2D eigenvalue weighted by Crippen LogP contribution is -2.31. The largest absolute Gasteiger partial charge is 0.439 e. The zero-order chi connectivity index (χ0) is 17.3. The predicted octanol–water partition coefficient (Wildman–Crippen LogP) is 3.33. The van der Waals surface area contributed by atoms with Gasteiger partial charge in [-0.25, -0.2) is 14.7 Å². The van der Waals surface area contributed by atoms with Crippen molar-refractivity contribution in [2.24, 2.45) is 0 Å². The molecule has 2 aromatic rings. The molecule has 1 aliphatic heterocycles. The van der Waals surface area contributed by atoms with Crippen molar-refractivity contribution in [1.29, 1.82) is 0 Å². The third kappa shape index (κ3) is 2.95. The zero-order valence-corrected chi connectivity index (χ0v) is 13.9. The molecule has 0 radical (unpaired) electrons. The van der Waals surface area contributed by atoms with Crippen molar-refractivity contribution in [3.05, 3.63) is 47.7 Å². The van der Waals surface area contributed by atoms with Crippen LogP contribution in [0.25, 0.3) is 0 Å². The number of rotatable bonds is 4. The number of benzene rings is 1. The Bertz CT molecular complexity index is 804. The number of hydrogen-bond acceptors (Lipinski definition) is 4. The Labute approximate surface area is 140 Å². The number of aryl methyl sites for hydroxylation is 2. The van der Waals surface area contributed by atoms with E-state index >= 15 is 0 Å². The number of nitrogens with one attached hydrogen (secondary N) is 1. The van der Waals surface area contributed by atoms with E-state index in [0.717, 1.165) is 10.5 Å². The summed E-state index contributed by atoms with van der Waals surface area (Å²) in [7, 11) is 0. The smallest absolute Gasteiger partial charge is 0.329 e. The number of amides is 3. The molecule has 1 fully saturated rings. The first-order valence-electron chi connectivity index (χ1n) is 7.85. The maximum Gasteiger partial charge on any atom is 0.329 e. The van der Waals surface area contributed by atoms with E-state index in [4.69, 9.17) is 4.74 Å². The second kappa shape index (κ2) is 6.31. The van der Waals surface area contributed by atoms with Crippen molar-refractivity contribution >= 4 is 17.6 Å². The first-order chi connectivity index (χ1) is 11.5. The summed E-state index contributed by atoms with van der Waals surface area (Å²) >= 11 is 0. The third-order valence-electron chi connectivity index (χ3n) is 4.10. The standard InChI is InChI=1S/C18H19N3O3/c1-4-15-17(22)21(18(23)20-15)13-7-8-19-16(10-13)24-14-6-5-11(2)12(3)9-14/h5-10,15H,4H2,1-3H3,(H,20,23)/t15-/m1/s1. The quantitative estimate of drug-likeness (QED) is 0.875. The van der Waals surface area contributed by atoms with Gasteiger partial charge < -0.3 is 10.1 Å². The topological polar surface area (TPSA) is 71.5 Å². The SMILES string of the molecule is CC[C@H]1NC(=O)N(c2ccnc(Oc3ccc(C)c(C)c3)c2)C1=O. The Morgan fingerprint density at radius 2 is 1.96 bits per heavy atom. The van der Waals surface area contributed by atoms with Gasteiger partial charge in [0.25, 0.3) is 5.91 Å². The van der Waals surface area contributed by atoms with E-state index in [2.05, 4.69) is 10.3 Å². The highest BCUT2D eigenvalue weighted by Gasteiger charge is 2.38. The Balaban J connectivity index is 1.85. The molecule has 1 N–H and O–H groups in total. The first-order valence-corrected chi connectivity index (χ1v) is 7.85. The van der Waals surface area contributed by atoms with Crippen LogP contribution in [0.1, 0.15) is 24.5 Å². The number of carbonyl (C=O) groups is 2. The van der Waals surface area contributed by atoms with Gasteiger partial charge in [-0.15, -0.1) is 0 Å². The summed E-state index contributed by atoms with van der Waals surface area (Å²) in [5, 5.41) is 2.66. The molecule has 124 valence electrons. The van der Waals surface area contributed by atoms with Crippen molar-refractivity contribution in [3.8, 4) is 11.6 Å². The normalized spacial score (nSPS) is 17.1. The number of nitrogens with zero attached hydrogens (tertiary/aromatic N) is 2. The van der Waals surface area contributed by atoms with E-state index in [1.807, 2.05) is 39.0 Å². The maximum absolute atomic E-state index is 12.3. The number of urea groups is 1. The van der Waals surface area contributed by atoms with Crippen LogP contribution in [0, 0.1) is 13.8 Å². The van der Waals surface area contributed by atoms with Gasteiger partial charge in [0.05, 0.1) is 5.69 Å². The van der Waals surface area contributed by atoms with Crippen LogP contribution in [-0.2, 0) is 4.79 Å². The summed E-state index contributed by atoms with van der Waals surface area (Å²) in [4.78, 5) is 29.6. The van der Waals surface area contributed by atoms with Crippen molar-refractivity contribution in [2.45, 2.75) is 33.2 Å². The molecule has 3 rings (SSSR count). The average molecular weight is 325 g/mol. The molecule has 2 heterocycles. The molecule has 1 saturated heterocycles. The van der Waals surface area contributed by atoms with E-state index in [9.17, 15) is 9.59 Å². The van der Waals surface area contributed by atoms with Crippen LogP contribution in [0.5, 0.6) is 11.6 Å². The molecule has 1 aliphatic rings. The Morgan fingerprint density at radius 3 is 2.62 bits per heavy atom. The fraction of sp³-hybridized carbons (Fsp3) is 0.278. The van der Waals surface area contributed by atoms with Crippen molar-refractivity contribution in [1.82, 2.24) is 10.3 Å². The molecular weight excluding hydrogens is 306 g/mol. The monoisotopic (exact) mass is 325 g/mol. The number of pyridine rings is 1. The summed E-state index contributed by atoms with van der Waals surface area (Å²) in [6.45, 7) is 5.89. The lowest BCUT2D eigenvalue weighted by Gasteiger charge is -2.14. The van der Waals surface area contributed by atoms with Crippen LogP contribution in [0.4, 0.5) is 10.5 Å². The van der Waals surface area contributed by atoms with Gasteiger partial charge >= 0.3 is 6.03 Å². The summed E-state index contributed by atoms with van der Waals surface area (Å²) in [5.41, 5.74) is 2.74. The Hall–Kier alpha value is -2.89. The Morgan fingerprint density at radius 1 is 1.17 bits per heavy atom. The van der Waals surface area contributed by atoms with Crippen molar-refractivity contribution in [2.75, 3.05) is 4.90 Å². The highest BCUT2D eigenvalue weighted by molar-refractivity contribution is 6.21. The minimum Gasteiger partial charge on any atom is -0.439 e. The fourth-order valence-electron chi connectivity index (χ4n) is 2.54. The van der Waals surface area contributed by atoms with Crippen molar-refractivity contribution in [3.63, 3.8) is 0 Å².